The number of sulfonamides is 1. The van der Waals surface area contributed by atoms with Gasteiger partial charge in [-0.2, -0.15) is 4.31 Å². The van der Waals surface area contributed by atoms with Crippen molar-refractivity contribution in [1.82, 2.24) is 4.31 Å². The third-order valence-corrected chi connectivity index (χ3v) is 7.10. The number of carbonyl (C=O) groups excluding carboxylic acids is 2. The van der Waals surface area contributed by atoms with Crippen LogP contribution in [0.2, 0.25) is 5.02 Å². The van der Waals surface area contributed by atoms with Gasteiger partial charge in [0.05, 0.1) is 21.2 Å². The lowest BCUT2D eigenvalue weighted by atomic mass is 10.2. The molecule has 1 amide bonds. The third-order valence-electron chi connectivity index (χ3n) is 4.87. The highest BCUT2D eigenvalue weighted by molar-refractivity contribution is 7.89. The number of benzene rings is 2. The summed E-state index contributed by atoms with van der Waals surface area (Å²) in [5.41, 5.74) is -0.441. The quantitative estimate of drug-likeness (QED) is 0.350. The van der Waals surface area contributed by atoms with E-state index in [-0.39, 0.29) is 35.1 Å². The molecule has 2 aromatic carbocycles. The van der Waals surface area contributed by atoms with Crippen molar-refractivity contribution in [2.75, 3.05) is 25.0 Å². The number of nitro benzene ring substituents is 1. The number of hydrogen-bond donors (Lipinski definition) is 1. The zero-order valence-electron chi connectivity index (χ0n) is 17.1. The molecule has 0 aliphatic carbocycles. The summed E-state index contributed by atoms with van der Waals surface area (Å²) in [5.74, 6) is -2.82. The van der Waals surface area contributed by atoms with Gasteiger partial charge in [-0.1, -0.05) is 18.0 Å². The Bertz CT molecular complexity index is 1200. The number of piperidine rings is 1. The fourth-order valence-electron chi connectivity index (χ4n) is 3.19. The molecular weight excluding hydrogens is 481 g/mol. The lowest BCUT2D eigenvalue weighted by molar-refractivity contribution is -0.384. The Morgan fingerprint density at radius 2 is 1.85 bits per heavy atom. The van der Waals surface area contributed by atoms with E-state index in [0.29, 0.717) is 12.8 Å². The third kappa shape index (κ3) is 5.83. The summed E-state index contributed by atoms with van der Waals surface area (Å²) in [7, 11) is -4.13. The van der Waals surface area contributed by atoms with Crippen LogP contribution in [0.1, 0.15) is 29.6 Å². The van der Waals surface area contributed by atoms with Crippen LogP contribution < -0.4 is 5.32 Å². The van der Waals surface area contributed by atoms with Gasteiger partial charge in [-0.05, 0) is 37.1 Å². The van der Waals surface area contributed by atoms with Crippen LogP contribution in [0.4, 0.5) is 15.8 Å². The van der Waals surface area contributed by atoms with Crippen molar-refractivity contribution < 1.29 is 32.1 Å². The van der Waals surface area contributed by atoms with Crippen molar-refractivity contribution in [2.24, 2.45) is 0 Å². The zero-order valence-corrected chi connectivity index (χ0v) is 18.7. The molecule has 1 saturated heterocycles. The number of carbonyl (C=O) groups is 2. The molecule has 1 heterocycles. The minimum atomic E-state index is -4.13. The van der Waals surface area contributed by atoms with Crippen LogP contribution in [0.5, 0.6) is 0 Å². The predicted octanol–water partition coefficient (Wildman–Crippen LogP) is 3.36. The average molecular weight is 500 g/mol. The molecule has 0 radical (unpaired) electrons. The number of ether oxygens (including phenoxy) is 1. The van der Waals surface area contributed by atoms with Gasteiger partial charge in [0, 0.05) is 25.2 Å². The molecule has 1 aliphatic heterocycles. The van der Waals surface area contributed by atoms with E-state index >= 15 is 0 Å². The number of non-ortho nitro benzene ring substituents is 1. The number of halogens is 2. The molecule has 1 N–H and O–H groups in total. The second kappa shape index (κ2) is 10.2. The number of nitro groups is 1. The topological polar surface area (TPSA) is 136 Å². The Labute approximate surface area is 193 Å². The van der Waals surface area contributed by atoms with Gasteiger partial charge in [0.25, 0.3) is 11.6 Å². The molecular formula is C20H19ClFN3O7S. The van der Waals surface area contributed by atoms with E-state index in [4.69, 9.17) is 16.3 Å². The Morgan fingerprint density at radius 1 is 1.15 bits per heavy atom. The molecule has 33 heavy (non-hydrogen) atoms. The number of amides is 1. The highest BCUT2D eigenvalue weighted by atomic mass is 35.5. The first-order valence-electron chi connectivity index (χ1n) is 9.80. The van der Waals surface area contributed by atoms with Gasteiger partial charge in [-0.3, -0.25) is 14.9 Å². The van der Waals surface area contributed by atoms with Crippen molar-refractivity contribution in [3.63, 3.8) is 0 Å². The molecule has 1 fully saturated rings. The maximum atomic E-state index is 14.3. The number of rotatable bonds is 7. The van der Waals surface area contributed by atoms with Crippen molar-refractivity contribution >= 4 is 44.9 Å². The monoisotopic (exact) mass is 499 g/mol. The van der Waals surface area contributed by atoms with Gasteiger partial charge >= 0.3 is 5.97 Å². The first kappa shape index (κ1) is 24.6. The summed E-state index contributed by atoms with van der Waals surface area (Å²) in [5, 5.41) is 13.0. The molecule has 0 saturated carbocycles. The maximum absolute atomic E-state index is 14.3. The molecule has 3 rings (SSSR count). The van der Waals surface area contributed by atoms with E-state index in [1.807, 2.05) is 0 Å². The smallest absolute Gasteiger partial charge is 0.338 e. The standard InChI is InChI=1S/C20H19ClFN3O7S/c21-15-11-14(25(28)29)5-7-17(15)23-19(26)12-32-20(27)13-4-6-16(22)18(10-13)33(30,31)24-8-2-1-3-9-24/h4-7,10-11H,1-3,8-9,12H2,(H,23,26). The maximum Gasteiger partial charge on any atom is 0.338 e. The fraction of sp³-hybridized carbons (Fsp3) is 0.300. The molecule has 0 atom stereocenters. The highest BCUT2D eigenvalue weighted by Crippen LogP contribution is 2.27. The van der Waals surface area contributed by atoms with E-state index in [1.165, 1.54) is 10.4 Å². The van der Waals surface area contributed by atoms with Crippen LogP contribution in [-0.4, -0.2) is 49.2 Å². The van der Waals surface area contributed by atoms with Crippen molar-refractivity contribution in [2.45, 2.75) is 24.2 Å². The Hall–Kier alpha value is -3.09. The SMILES string of the molecule is O=C(COC(=O)c1ccc(F)c(S(=O)(=O)N2CCCCC2)c1)Nc1ccc([N+](=O)[O-])cc1Cl. The minimum absolute atomic E-state index is 0.0695. The van der Waals surface area contributed by atoms with Crippen molar-refractivity contribution in [3.8, 4) is 0 Å². The van der Waals surface area contributed by atoms with Crippen LogP contribution in [0.15, 0.2) is 41.3 Å². The van der Waals surface area contributed by atoms with Crippen LogP contribution in [0.3, 0.4) is 0 Å². The average Bonchev–Trinajstić information content (AvgIpc) is 2.79. The molecule has 0 spiro atoms. The summed E-state index contributed by atoms with van der Waals surface area (Å²) in [6.45, 7) is -0.221. The van der Waals surface area contributed by atoms with Gasteiger partial charge < -0.3 is 10.1 Å². The molecule has 176 valence electrons. The molecule has 13 heteroatoms. The zero-order chi connectivity index (χ0) is 24.2. The summed E-state index contributed by atoms with van der Waals surface area (Å²) in [6, 6.07) is 6.19. The predicted molar refractivity (Wildman–Crippen MR) is 116 cm³/mol. The van der Waals surface area contributed by atoms with Gasteiger partial charge in [0.15, 0.2) is 6.61 Å². The normalized spacial score (nSPS) is 14.5. The molecule has 1 aliphatic rings. The number of hydrogen-bond acceptors (Lipinski definition) is 7. The highest BCUT2D eigenvalue weighted by Gasteiger charge is 2.29. The van der Waals surface area contributed by atoms with Crippen molar-refractivity contribution in [3.05, 3.63) is 62.9 Å². The van der Waals surface area contributed by atoms with E-state index in [9.17, 15) is 32.5 Å². The second-order valence-electron chi connectivity index (χ2n) is 7.16. The largest absolute Gasteiger partial charge is 0.452 e. The van der Waals surface area contributed by atoms with Crippen LogP contribution in [0, 0.1) is 15.9 Å². The Balaban J connectivity index is 1.66. The number of nitrogens with zero attached hydrogens (tertiary/aromatic N) is 2. The molecule has 0 bridgehead atoms. The number of nitrogens with one attached hydrogen (secondary N) is 1. The van der Waals surface area contributed by atoms with E-state index < -0.39 is 44.1 Å². The van der Waals surface area contributed by atoms with E-state index in [0.717, 1.165) is 36.8 Å². The molecule has 0 aromatic heterocycles. The summed E-state index contributed by atoms with van der Waals surface area (Å²) < 4.78 is 45.9. The number of esters is 1. The lowest BCUT2D eigenvalue weighted by Gasteiger charge is -2.26. The summed E-state index contributed by atoms with van der Waals surface area (Å²) in [6.07, 6.45) is 2.21. The van der Waals surface area contributed by atoms with Gasteiger partial charge in [0.1, 0.15) is 10.7 Å². The Morgan fingerprint density at radius 3 is 2.48 bits per heavy atom. The second-order valence-corrected chi connectivity index (χ2v) is 9.47. The Kier molecular flexibility index (Phi) is 7.61. The van der Waals surface area contributed by atoms with Gasteiger partial charge in [-0.25, -0.2) is 17.6 Å². The molecule has 2 aromatic rings. The number of anilines is 1. The lowest BCUT2D eigenvalue weighted by Crippen LogP contribution is -2.36. The van der Waals surface area contributed by atoms with Crippen LogP contribution in [-0.2, 0) is 19.6 Å². The summed E-state index contributed by atoms with van der Waals surface area (Å²) >= 11 is 5.89. The first-order valence-corrected chi connectivity index (χ1v) is 11.6. The summed E-state index contributed by atoms with van der Waals surface area (Å²) in [4.78, 5) is 33.8. The van der Waals surface area contributed by atoms with Crippen LogP contribution in [0.25, 0.3) is 0 Å². The van der Waals surface area contributed by atoms with Crippen molar-refractivity contribution in [1.29, 1.82) is 0 Å². The molecule has 10 nitrogen and oxygen atoms in total. The van der Waals surface area contributed by atoms with Crippen LogP contribution >= 0.6 is 11.6 Å². The van der Waals surface area contributed by atoms with Gasteiger partial charge in [-0.15, -0.1) is 0 Å². The minimum Gasteiger partial charge on any atom is -0.452 e. The fourth-order valence-corrected chi connectivity index (χ4v) is 5.02. The van der Waals surface area contributed by atoms with Gasteiger partial charge in [0.2, 0.25) is 10.0 Å². The molecule has 0 unspecified atom stereocenters. The van der Waals surface area contributed by atoms with E-state index in [1.54, 1.807) is 0 Å². The first-order chi connectivity index (χ1) is 15.6. The van der Waals surface area contributed by atoms with E-state index in [2.05, 4.69) is 5.32 Å².